The summed E-state index contributed by atoms with van der Waals surface area (Å²) in [5, 5.41) is 9.68. The van der Waals surface area contributed by atoms with Gasteiger partial charge in [-0.15, -0.1) is 0 Å². The highest BCUT2D eigenvalue weighted by atomic mass is 31.0. The van der Waals surface area contributed by atoms with Crippen LogP contribution >= 0.6 is 8.98 Å². The molecule has 1 saturated heterocycles. The zero-order valence-electron chi connectivity index (χ0n) is 7.77. The van der Waals surface area contributed by atoms with Gasteiger partial charge in [0.25, 0.3) is 0 Å². The molecule has 0 aromatic carbocycles. The van der Waals surface area contributed by atoms with Crippen molar-refractivity contribution in [3.8, 4) is 0 Å². The first-order valence-corrected chi connectivity index (χ1v) is 4.20. The monoisotopic (exact) mass is 177 g/mol. The molecule has 1 aliphatic rings. The van der Waals surface area contributed by atoms with Crippen LogP contribution in [0.25, 0.3) is 0 Å². The van der Waals surface area contributed by atoms with Gasteiger partial charge in [-0.2, -0.15) is 0 Å². The van der Waals surface area contributed by atoms with Crippen LogP contribution in [0, 0.1) is 5.92 Å². The first kappa shape index (κ1) is 7.66. The third-order valence-electron chi connectivity index (χ3n) is 2.35. The molecule has 4 heteroatoms. The van der Waals surface area contributed by atoms with E-state index in [4.69, 9.17) is 6.02 Å². The molecule has 4 unspecified atom stereocenters. The van der Waals surface area contributed by atoms with Crippen molar-refractivity contribution < 1.29 is 9.84 Å². The van der Waals surface area contributed by atoms with Crippen LogP contribution in [0.2, 0.25) is 0 Å². The zero-order chi connectivity index (χ0) is 9.14. The van der Waals surface area contributed by atoms with Crippen LogP contribution in [0.3, 0.4) is 0 Å². The van der Waals surface area contributed by atoms with E-state index in [2.05, 4.69) is 4.74 Å². The average Bonchev–Trinajstić information content (AvgIpc) is 2.07. The van der Waals surface area contributed by atoms with Gasteiger partial charge in [-0.05, 0) is 15.9 Å². The fraction of sp³-hybridized carbons (Fsp3) is 1.00. The fourth-order valence-corrected chi connectivity index (χ4v) is 1.43. The molecule has 1 rings (SSSR count). The molecule has 0 amide bonds. The average molecular weight is 177 g/mol. The fourth-order valence-electron chi connectivity index (χ4n) is 1.23. The van der Waals surface area contributed by atoms with Gasteiger partial charge in [-0.25, -0.2) is 0 Å². The number of nitrogens with zero attached hydrogens (tertiary/aromatic N) is 1. The Morgan fingerprint density at radius 2 is 2.45 bits per heavy atom. The molecule has 4 atom stereocenters. The van der Waals surface area contributed by atoms with E-state index in [1.807, 2.05) is 13.8 Å². The molecule has 3 nitrogen and oxygen atoms in total. The van der Waals surface area contributed by atoms with Crippen molar-refractivity contribution in [1.29, 1.82) is 1.28 Å². The second-order valence-electron chi connectivity index (χ2n) is 3.07. The quantitative estimate of drug-likeness (QED) is 0.609. The minimum atomic E-state index is -0.452. The van der Waals surface area contributed by atoms with E-state index in [0.29, 0.717) is 6.61 Å². The van der Waals surface area contributed by atoms with Crippen molar-refractivity contribution in [3.05, 3.63) is 0 Å². The summed E-state index contributed by atoms with van der Waals surface area (Å²) in [7, 11) is 0.221. The summed E-state index contributed by atoms with van der Waals surface area (Å²) in [5.41, 5.74) is 0. The summed E-state index contributed by atoms with van der Waals surface area (Å²) in [6.07, 6.45) is -0.361. The molecule has 1 aliphatic heterocycles. The van der Waals surface area contributed by atoms with E-state index in [1.165, 1.54) is 0 Å². The maximum absolute atomic E-state index is 9.68. The predicted octanol–water partition coefficient (Wildman–Crippen LogP) is 1.10. The Labute approximate surface area is 70.3 Å². The van der Waals surface area contributed by atoms with E-state index >= 15 is 0 Å². The molecule has 1 heterocycles. The standard InChI is InChI=1S/C7H14NO2P/c1-4-5(2)10-3-6(8-11)7(4)9/h4-7,9,11H,3H2,1-2H3/i11T. The maximum atomic E-state index is 9.68. The van der Waals surface area contributed by atoms with Gasteiger partial charge >= 0.3 is 0 Å². The summed E-state index contributed by atoms with van der Waals surface area (Å²) in [6.45, 7) is 4.33. The van der Waals surface area contributed by atoms with Crippen LogP contribution < -0.4 is 0 Å². The van der Waals surface area contributed by atoms with Gasteiger partial charge in [-0.3, -0.25) is 4.74 Å². The smallest absolute Gasteiger partial charge is 0.114 e. The predicted molar refractivity (Wildman–Crippen MR) is 45.1 cm³/mol. The summed E-state index contributed by atoms with van der Waals surface area (Å²) >= 11 is 0. The van der Waals surface area contributed by atoms with Crippen LogP contribution in [0.1, 0.15) is 13.8 Å². The Kier molecular flexibility index (Phi) is 2.52. The number of aliphatic hydroxyl groups is 1. The highest BCUT2D eigenvalue weighted by molar-refractivity contribution is 7.04. The highest BCUT2D eigenvalue weighted by Gasteiger charge is 2.33. The lowest BCUT2D eigenvalue weighted by Gasteiger charge is -2.34. The molecule has 0 bridgehead atoms. The molecule has 0 aliphatic carbocycles. The lowest BCUT2D eigenvalue weighted by Crippen LogP contribution is -2.45. The molecule has 0 spiro atoms. The third-order valence-corrected chi connectivity index (χ3v) is 2.65. The number of rotatable bonds is 1. The van der Waals surface area contributed by atoms with Gasteiger partial charge in [0.15, 0.2) is 0 Å². The lowest BCUT2D eigenvalue weighted by atomic mass is 9.92. The molecule has 1 N–H and O–H groups in total. The van der Waals surface area contributed by atoms with Gasteiger partial charge in [0.1, 0.15) is 7.32 Å². The lowest BCUT2D eigenvalue weighted by molar-refractivity contribution is -0.0879. The Bertz CT molecular complexity index is 179. The van der Waals surface area contributed by atoms with Crippen molar-refractivity contribution in [3.63, 3.8) is 0 Å². The number of ether oxygens (including phenoxy) is 1. The molecule has 11 heavy (non-hydrogen) atoms. The Morgan fingerprint density at radius 3 is 3.09 bits per heavy atom. The molecule has 0 aromatic heterocycles. The molecular formula is C7H14NO2P. The molecule has 0 saturated carbocycles. The van der Waals surface area contributed by atoms with Crippen LogP contribution in [-0.2, 0) is 4.74 Å². The van der Waals surface area contributed by atoms with E-state index in [9.17, 15) is 5.11 Å². The summed E-state index contributed by atoms with van der Waals surface area (Å²) < 4.78 is 16.2. The number of hydrogen-bond acceptors (Lipinski definition) is 3. The Morgan fingerprint density at radius 1 is 1.73 bits per heavy atom. The molecule has 1 fully saturated rings. The SMILES string of the molecule is [3H]P=NC1COC(C)C(C)C1O. The van der Waals surface area contributed by atoms with Crippen LogP contribution in [0.5, 0.6) is 0 Å². The minimum Gasteiger partial charge on any atom is -0.390 e. The van der Waals surface area contributed by atoms with E-state index in [0.717, 1.165) is 0 Å². The summed E-state index contributed by atoms with van der Waals surface area (Å²) in [5.74, 6) is 0.106. The topological polar surface area (TPSA) is 41.8 Å². The minimum absolute atomic E-state index is 0.0915. The highest BCUT2D eigenvalue weighted by Crippen LogP contribution is 2.23. The van der Waals surface area contributed by atoms with Crippen molar-refractivity contribution >= 4 is 8.98 Å². The van der Waals surface area contributed by atoms with Crippen LogP contribution in [-0.4, -0.2) is 31.2 Å². The van der Waals surface area contributed by atoms with Gasteiger partial charge in [0, 0.05) is 5.92 Å². The first-order valence-electron chi connectivity index (χ1n) is 4.25. The van der Waals surface area contributed by atoms with Crippen molar-refractivity contribution in [2.24, 2.45) is 10.7 Å². The maximum Gasteiger partial charge on any atom is 0.114 e. The van der Waals surface area contributed by atoms with Crippen molar-refractivity contribution in [1.82, 2.24) is 0 Å². The molecular weight excluding hydrogens is 161 g/mol. The van der Waals surface area contributed by atoms with Gasteiger partial charge < -0.3 is 9.84 Å². The van der Waals surface area contributed by atoms with Gasteiger partial charge in [0.05, 0.1) is 18.8 Å². The summed E-state index contributed by atoms with van der Waals surface area (Å²) in [6, 6.07) is -0.213. The summed E-state index contributed by atoms with van der Waals surface area (Å²) in [4.78, 5) is 0. The first-order chi connectivity index (χ1) is 5.66. The van der Waals surface area contributed by atoms with E-state index in [-0.39, 0.29) is 27.0 Å². The molecule has 0 radical (unpaired) electrons. The number of aliphatic hydroxyl groups excluding tert-OH is 1. The van der Waals surface area contributed by atoms with Crippen LogP contribution in [0.15, 0.2) is 4.74 Å². The molecule has 64 valence electrons. The van der Waals surface area contributed by atoms with Crippen molar-refractivity contribution in [2.45, 2.75) is 32.1 Å². The van der Waals surface area contributed by atoms with E-state index in [1.54, 1.807) is 0 Å². The second kappa shape index (κ2) is 3.61. The van der Waals surface area contributed by atoms with E-state index < -0.39 is 6.10 Å². The largest absolute Gasteiger partial charge is 0.390 e. The van der Waals surface area contributed by atoms with Gasteiger partial charge in [0.2, 0.25) is 0 Å². The van der Waals surface area contributed by atoms with Gasteiger partial charge in [-0.1, -0.05) is 6.92 Å². The zero-order valence-corrected chi connectivity index (χ0v) is 7.66. The third kappa shape index (κ3) is 1.78. The molecule has 0 aromatic rings. The normalized spacial score (nSPS) is 47.7. The van der Waals surface area contributed by atoms with Crippen LogP contribution in [0.4, 0.5) is 0 Å². The van der Waals surface area contributed by atoms with Crippen molar-refractivity contribution in [2.75, 3.05) is 6.61 Å². The Balaban J connectivity index is 2.58. The Hall–Kier alpha value is 0.0200. The number of hydrogen-bond donors (Lipinski definition) is 1. The second-order valence-corrected chi connectivity index (χ2v) is 3.30.